The van der Waals surface area contributed by atoms with Gasteiger partial charge in [0.2, 0.25) is 17.8 Å². The molecule has 2 saturated heterocycles. The van der Waals surface area contributed by atoms with Crippen molar-refractivity contribution in [3.05, 3.63) is 0 Å². The molecule has 3 heterocycles. The first kappa shape index (κ1) is 14.4. The van der Waals surface area contributed by atoms with E-state index in [2.05, 4.69) is 33.6 Å². The zero-order valence-corrected chi connectivity index (χ0v) is 13.2. The number of piperidine rings is 2. The minimum atomic E-state index is 0.310. The van der Waals surface area contributed by atoms with Crippen LogP contribution in [0, 0.1) is 5.41 Å². The first-order valence-corrected chi connectivity index (χ1v) is 8.05. The van der Waals surface area contributed by atoms with E-state index in [1.165, 1.54) is 32.1 Å². The molecular weight excluding hydrogens is 264 g/mol. The lowest BCUT2D eigenvalue weighted by molar-refractivity contribution is 0.291. The summed E-state index contributed by atoms with van der Waals surface area (Å²) in [6.45, 7) is 8.63. The van der Waals surface area contributed by atoms with Crippen molar-refractivity contribution < 1.29 is 0 Å². The Morgan fingerprint density at radius 3 is 2.14 bits per heavy atom. The molecule has 6 heteroatoms. The fourth-order valence-electron chi connectivity index (χ4n) is 3.34. The molecule has 21 heavy (non-hydrogen) atoms. The zero-order valence-electron chi connectivity index (χ0n) is 13.2. The van der Waals surface area contributed by atoms with Gasteiger partial charge in [-0.1, -0.05) is 13.8 Å². The van der Waals surface area contributed by atoms with Gasteiger partial charge in [-0.05, 0) is 37.5 Å². The van der Waals surface area contributed by atoms with E-state index in [-0.39, 0.29) is 0 Å². The minimum absolute atomic E-state index is 0.310. The molecule has 0 aliphatic carbocycles. The Bertz CT molecular complexity index is 495. The first-order valence-electron chi connectivity index (χ1n) is 8.05. The summed E-state index contributed by atoms with van der Waals surface area (Å²) < 4.78 is 0. The van der Waals surface area contributed by atoms with Gasteiger partial charge in [0.15, 0.2) is 0 Å². The minimum Gasteiger partial charge on any atom is -0.368 e. The van der Waals surface area contributed by atoms with Crippen LogP contribution in [-0.2, 0) is 0 Å². The fraction of sp³-hybridized carbons (Fsp3) is 0.800. The van der Waals surface area contributed by atoms with Gasteiger partial charge in [-0.25, -0.2) is 0 Å². The molecule has 0 radical (unpaired) electrons. The maximum Gasteiger partial charge on any atom is 0.231 e. The topological polar surface area (TPSA) is 71.2 Å². The van der Waals surface area contributed by atoms with Crippen molar-refractivity contribution in [2.24, 2.45) is 5.41 Å². The smallest absolute Gasteiger partial charge is 0.231 e. The van der Waals surface area contributed by atoms with Gasteiger partial charge in [0.25, 0.3) is 0 Å². The molecular formula is C15H26N6. The highest BCUT2D eigenvalue weighted by molar-refractivity contribution is 5.44. The number of anilines is 3. The van der Waals surface area contributed by atoms with Gasteiger partial charge < -0.3 is 15.5 Å². The second-order valence-corrected chi connectivity index (χ2v) is 7.03. The van der Waals surface area contributed by atoms with Gasteiger partial charge in [-0.2, -0.15) is 15.0 Å². The Balaban J connectivity index is 1.83. The van der Waals surface area contributed by atoms with Gasteiger partial charge in [0.1, 0.15) is 0 Å². The highest BCUT2D eigenvalue weighted by Gasteiger charge is 2.28. The summed E-state index contributed by atoms with van der Waals surface area (Å²) in [4.78, 5) is 17.9. The second kappa shape index (κ2) is 5.66. The molecule has 0 unspecified atom stereocenters. The van der Waals surface area contributed by atoms with Crippen molar-refractivity contribution in [2.75, 3.05) is 41.7 Å². The molecule has 0 saturated carbocycles. The van der Waals surface area contributed by atoms with E-state index < -0.39 is 0 Å². The summed E-state index contributed by atoms with van der Waals surface area (Å²) >= 11 is 0. The van der Waals surface area contributed by atoms with Crippen LogP contribution in [0.25, 0.3) is 0 Å². The fourth-order valence-corrected chi connectivity index (χ4v) is 3.34. The van der Waals surface area contributed by atoms with Crippen LogP contribution in [0.2, 0.25) is 0 Å². The van der Waals surface area contributed by atoms with Crippen LogP contribution in [0.1, 0.15) is 46.0 Å². The Labute approximate surface area is 126 Å². The van der Waals surface area contributed by atoms with Crippen LogP contribution >= 0.6 is 0 Å². The van der Waals surface area contributed by atoms with Crippen molar-refractivity contribution in [3.63, 3.8) is 0 Å². The molecule has 0 bridgehead atoms. The summed E-state index contributed by atoms with van der Waals surface area (Å²) in [5, 5.41) is 0. The zero-order chi connectivity index (χ0) is 14.9. The third kappa shape index (κ3) is 3.36. The molecule has 0 aromatic carbocycles. The largest absolute Gasteiger partial charge is 0.368 e. The Hall–Kier alpha value is -1.59. The lowest BCUT2D eigenvalue weighted by Gasteiger charge is -2.38. The summed E-state index contributed by atoms with van der Waals surface area (Å²) in [7, 11) is 0. The van der Waals surface area contributed by atoms with E-state index >= 15 is 0 Å². The number of nitrogens with two attached hydrogens (primary N) is 1. The number of aromatic nitrogens is 3. The lowest BCUT2D eigenvalue weighted by atomic mass is 9.84. The number of hydrogen-bond acceptors (Lipinski definition) is 6. The molecule has 116 valence electrons. The van der Waals surface area contributed by atoms with E-state index in [9.17, 15) is 0 Å². The SMILES string of the molecule is CC1(C)CCCN(c2nc(N)nc(N3CCCCC3)n2)C1. The Kier molecular flexibility index (Phi) is 3.87. The monoisotopic (exact) mass is 290 g/mol. The molecule has 6 nitrogen and oxygen atoms in total. The highest BCUT2D eigenvalue weighted by Crippen LogP contribution is 2.31. The van der Waals surface area contributed by atoms with Crippen molar-refractivity contribution in [3.8, 4) is 0 Å². The lowest BCUT2D eigenvalue weighted by Crippen LogP contribution is -2.41. The van der Waals surface area contributed by atoms with Crippen LogP contribution in [0.4, 0.5) is 17.8 Å². The van der Waals surface area contributed by atoms with Gasteiger partial charge in [0.05, 0.1) is 0 Å². The molecule has 2 aliphatic rings. The molecule has 1 aromatic rings. The van der Waals surface area contributed by atoms with E-state index in [4.69, 9.17) is 10.7 Å². The summed E-state index contributed by atoms with van der Waals surface area (Å²) in [5.41, 5.74) is 6.24. The quantitative estimate of drug-likeness (QED) is 0.899. The summed E-state index contributed by atoms with van der Waals surface area (Å²) in [6.07, 6.45) is 6.14. The van der Waals surface area contributed by atoms with Gasteiger partial charge >= 0.3 is 0 Å². The second-order valence-electron chi connectivity index (χ2n) is 7.03. The van der Waals surface area contributed by atoms with Crippen molar-refractivity contribution >= 4 is 17.8 Å². The van der Waals surface area contributed by atoms with Crippen LogP contribution in [0.15, 0.2) is 0 Å². The van der Waals surface area contributed by atoms with Crippen LogP contribution in [0.3, 0.4) is 0 Å². The third-order valence-electron chi connectivity index (χ3n) is 4.45. The van der Waals surface area contributed by atoms with Gasteiger partial charge in [0, 0.05) is 26.2 Å². The molecule has 3 rings (SSSR count). The Morgan fingerprint density at radius 1 is 0.857 bits per heavy atom. The average Bonchev–Trinajstić information content (AvgIpc) is 2.46. The number of nitrogens with zero attached hydrogens (tertiary/aromatic N) is 5. The van der Waals surface area contributed by atoms with Crippen molar-refractivity contribution in [1.29, 1.82) is 0 Å². The van der Waals surface area contributed by atoms with E-state index in [1.807, 2.05) is 0 Å². The maximum atomic E-state index is 5.92. The van der Waals surface area contributed by atoms with Crippen molar-refractivity contribution in [2.45, 2.75) is 46.0 Å². The van der Waals surface area contributed by atoms with Crippen LogP contribution < -0.4 is 15.5 Å². The average molecular weight is 290 g/mol. The molecule has 0 spiro atoms. The third-order valence-corrected chi connectivity index (χ3v) is 4.45. The first-order chi connectivity index (χ1) is 10.0. The number of rotatable bonds is 2. The molecule has 0 amide bonds. The Morgan fingerprint density at radius 2 is 1.48 bits per heavy atom. The van der Waals surface area contributed by atoms with E-state index in [0.29, 0.717) is 11.4 Å². The maximum absolute atomic E-state index is 5.92. The predicted octanol–water partition coefficient (Wildman–Crippen LogP) is 2.07. The number of nitrogen functional groups attached to an aromatic ring is 1. The summed E-state index contributed by atoms with van der Waals surface area (Å²) in [5.74, 6) is 1.83. The molecule has 2 fully saturated rings. The van der Waals surface area contributed by atoms with E-state index in [1.54, 1.807) is 0 Å². The normalized spacial score (nSPS) is 22.4. The van der Waals surface area contributed by atoms with Crippen LogP contribution in [-0.4, -0.2) is 41.1 Å². The van der Waals surface area contributed by atoms with E-state index in [0.717, 1.165) is 38.1 Å². The standard InChI is InChI=1S/C15H26N6/c1-15(2)7-6-10-21(11-15)14-18-12(16)17-13(19-14)20-8-4-3-5-9-20/h3-11H2,1-2H3,(H2,16,17,18,19). The van der Waals surface area contributed by atoms with Crippen molar-refractivity contribution in [1.82, 2.24) is 15.0 Å². The van der Waals surface area contributed by atoms with Gasteiger partial charge in [-0.15, -0.1) is 0 Å². The predicted molar refractivity (Wildman–Crippen MR) is 85.5 cm³/mol. The number of hydrogen-bond donors (Lipinski definition) is 1. The van der Waals surface area contributed by atoms with Gasteiger partial charge in [-0.3, -0.25) is 0 Å². The molecule has 2 N–H and O–H groups in total. The molecule has 2 aliphatic heterocycles. The molecule has 1 aromatic heterocycles. The van der Waals surface area contributed by atoms with Crippen LogP contribution in [0.5, 0.6) is 0 Å². The highest BCUT2D eigenvalue weighted by atomic mass is 15.4. The molecule has 0 atom stereocenters. The summed E-state index contributed by atoms with van der Waals surface area (Å²) in [6, 6.07) is 0.